The summed E-state index contributed by atoms with van der Waals surface area (Å²) in [6.45, 7) is 11.5. The molecule has 1 heterocycles. The number of piperidine rings is 1. The fraction of sp³-hybridized carbons (Fsp3) is 0.929. The van der Waals surface area contributed by atoms with Gasteiger partial charge in [-0.15, -0.1) is 0 Å². The van der Waals surface area contributed by atoms with E-state index in [4.69, 9.17) is 0 Å². The molecule has 0 unspecified atom stereocenters. The first-order chi connectivity index (χ1) is 8.00. The zero-order valence-corrected chi connectivity index (χ0v) is 11.8. The van der Waals surface area contributed by atoms with Gasteiger partial charge in [-0.05, 0) is 24.7 Å². The van der Waals surface area contributed by atoms with Gasteiger partial charge in [0.25, 0.3) is 0 Å². The third kappa shape index (κ3) is 5.07. The number of amides is 1. The Morgan fingerprint density at radius 1 is 1.24 bits per heavy atom. The van der Waals surface area contributed by atoms with E-state index in [9.17, 15) is 4.79 Å². The third-order valence-corrected chi connectivity index (χ3v) is 3.73. The molecule has 100 valence electrons. The predicted molar refractivity (Wildman–Crippen MR) is 71.9 cm³/mol. The van der Waals surface area contributed by atoms with E-state index < -0.39 is 0 Å². The summed E-state index contributed by atoms with van der Waals surface area (Å²) in [6.07, 6.45) is 3.01. The van der Waals surface area contributed by atoms with Crippen LogP contribution in [-0.4, -0.2) is 36.5 Å². The molecule has 0 aromatic rings. The molecule has 0 bridgehead atoms. The maximum absolute atomic E-state index is 11.9. The third-order valence-electron chi connectivity index (χ3n) is 3.73. The zero-order chi connectivity index (χ0) is 12.8. The van der Waals surface area contributed by atoms with E-state index in [0.29, 0.717) is 18.4 Å². The van der Waals surface area contributed by atoms with E-state index in [1.165, 1.54) is 12.8 Å². The van der Waals surface area contributed by atoms with Crippen molar-refractivity contribution in [3.63, 3.8) is 0 Å². The number of hydrogen-bond acceptors (Lipinski definition) is 2. The molecule has 1 rings (SSSR count). The van der Waals surface area contributed by atoms with Crippen LogP contribution in [0.3, 0.4) is 0 Å². The summed E-state index contributed by atoms with van der Waals surface area (Å²) in [5.41, 5.74) is 0. The molecule has 0 aliphatic carbocycles. The van der Waals surface area contributed by atoms with Crippen molar-refractivity contribution >= 4 is 5.91 Å². The maximum atomic E-state index is 11.9. The first-order valence-electron chi connectivity index (χ1n) is 7.02. The van der Waals surface area contributed by atoms with Crippen LogP contribution in [0.15, 0.2) is 0 Å². The van der Waals surface area contributed by atoms with Gasteiger partial charge in [0.15, 0.2) is 0 Å². The Labute approximate surface area is 106 Å². The number of nitrogens with zero attached hydrogens (tertiary/aromatic N) is 1. The molecule has 0 aromatic heterocycles. The molecule has 1 N–H and O–H groups in total. The molecule has 3 heteroatoms. The normalized spacial score (nSPS) is 18.1. The van der Waals surface area contributed by atoms with Crippen LogP contribution in [0.1, 0.15) is 47.0 Å². The molecule has 17 heavy (non-hydrogen) atoms. The highest BCUT2D eigenvalue weighted by molar-refractivity contribution is 5.76. The van der Waals surface area contributed by atoms with Gasteiger partial charge in [0.05, 0.1) is 0 Å². The second kappa shape index (κ2) is 7.00. The predicted octanol–water partition coefficient (Wildman–Crippen LogP) is 2.27. The van der Waals surface area contributed by atoms with Crippen LogP contribution < -0.4 is 5.32 Å². The number of carbonyl (C=O) groups is 1. The average Bonchev–Trinajstić information content (AvgIpc) is 2.28. The number of likely N-dealkylation sites (tertiary alicyclic amines) is 1. The quantitative estimate of drug-likeness (QED) is 0.799. The molecule has 3 nitrogen and oxygen atoms in total. The van der Waals surface area contributed by atoms with Crippen molar-refractivity contribution in [2.45, 2.75) is 53.0 Å². The summed E-state index contributed by atoms with van der Waals surface area (Å²) >= 11 is 0. The van der Waals surface area contributed by atoms with Gasteiger partial charge < -0.3 is 10.2 Å². The van der Waals surface area contributed by atoms with Gasteiger partial charge in [-0.1, -0.05) is 27.7 Å². The number of hydrogen-bond donors (Lipinski definition) is 1. The molecule has 0 saturated carbocycles. The van der Waals surface area contributed by atoms with E-state index in [2.05, 4.69) is 33.0 Å². The van der Waals surface area contributed by atoms with E-state index in [0.717, 1.165) is 31.5 Å². The van der Waals surface area contributed by atoms with Gasteiger partial charge in [0.2, 0.25) is 5.91 Å². The van der Waals surface area contributed by atoms with Gasteiger partial charge in [-0.25, -0.2) is 0 Å². The lowest BCUT2D eigenvalue weighted by Gasteiger charge is -2.34. The van der Waals surface area contributed by atoms with Crippen LogP contribution in [0.4, 0.5) is 0 Å². The van der Waals surface area contributed by atoms with Gasteiger partial charge >= 0.3 is 0 Å². The minimum atomic E-state index is 0.320. The minimum absolute atomic E-state index is 0.320. The van der Waals surface area contributed by atoms with Crippen LogP contribution >= 0.6 is 0 Å². The van der Waals surface area contributed by atoms with Crippen molar-refractivity contribution in [2.24, 2.45) is 11.8 Å². The molecule has 1 aliphatic rings. The van der Waals surface area contributed by atoms with E-state index in [-0.39, 0.29) is 0 Å². The molecule has 1 fully saturated rings. The Hall–Kier alpha value is -0.570. The molecule has 0 aromatic carbocycles. The number of rotatable bonds is 5. The lowest BCUT2D eigenvalue weighted by Crippen LogP contribution is -2.40. The summed E-state index contributed by atoms with van der Waals surface area (Å²) in [7, 11) is 0. The highest BCUT2D eigenvalue weighted by atomic mass is 16.2. The lowest BCUT2D eigenvalue weighted by atomic mass is 9.86. The van der Waals surface area contributed by atoms with E-state index in [1.54, 1.807) is 0 Å². The van der Waals surface area contributed by atoms with Crippen molar-refractivity contribution in [3.8, 4) is 0 Å². The van der Waals surface area contributed by atoms with Gasteiger partial charge in [-0.2, -0.15) is 0 Å². The average molecular weight is 240 g/mol. The fourth-order valence-corrected chi connectivity index (χ4v) is 2.44. The fourth-order valence-electron chi connectivity index (χ4n) is 2.44. The molecule has 1 amide bonds. The van der Waals surface area contributed by atoms with Crippen molar-refractivity contribution in [2.75, 3.05) is 19.6 Å². The van der Waals surface area contributed by atoms with Crippen molar-refractivity contribution < 1.29 is 4.79 Å². The minimum Gasteiger partial charge on any atom is -0.343 e. The highest BCUT2D eigenvalue weighted by Gasteiger charge is 2.23. The first-order valence-corrected chi connectivity index (χ1v) is 7.02. The van der Waals surface area contributed by atoms with Crippen LogP contribution in [0.2, 0.25) is 0 Å². The van der Waals surface area contributed by atoms with Crippen LogP contribution in [0.25, 0.3) is 0 Å². The topological polar surface area (TPSA) is 32.3 Å². The molecule has 1 aliphatic heterocycles. The summed E-state index contributed by atoms with van der Waals surface area (Å²) in [5, 5.41) is 3.29. The maximum Gasteiger partial charge on any atom is 0.223 e. The van der Waals surface area contributed by atoms with Crippen molar-refractivity contribution in [3.05, 3.63) is 0 Å². The zero-order valence-electron chi connectivity index (χ0n) is 11.8. The molecule has 0 radical (unpaired) electrons. The van der Waals surface area contributed by atoms with Gasteiger partial charge in [0.1, 0.15) is 0 Å². The molecule has 0 spiro atoms. The summed E-state index contributed by atoms with van der Waals surface area (Å²) < 4.78 is 0. The van der Waals surface area contributed by atoms with E-state index in [1.807, 2.05) is 4.90 Å². The Balaban J connectivity index is 2.21. The van der Waals surface area contributed by atoms with E-state index >= 15 is 0 Å². The second-order valence-corrected chi connectivity index (χ2v) is 5.82. The Morgan fingerprint density at radius 2 is 1.82 bits per heavy atom. The Morgan fingerprint density at radius 3 is 2.29 bits per heavy atom. The highest BCUT2D eigenvalue weighted by Crippen LogP contribution is 2.24. The van der Waals surface area contributed by atoms with Gasteiger partial charge in [0, 0.05) is 32.1 Å². The Bertz CT molecular complexity index is 230. The summed E-state index contributed by atoms with van der Waals surface area (Å²) in [5.74, 6) is 1.89. The Kier molecular flexibility index (Phi) is 5.96. The smallest absolute Gasteiger partial charge is 0.223 e. The van der Waals surface area contributed by atoms with Crippen LogP contribution in [-0.2, 0) is 4.79 Å². The van der Waals surface area contributed by atoms with Gasteiger partial charge in [-0.3, -0.25) is 4.79 Å². The lowest BCUT2D eigenvalue weighted by molar-refractivity contribution is -0.132. The molecule has 1 saturated heterocycles. The molecular formula is C14H28N2O. The first kappa shape index (κ1) is 14.5. The van der Waals surface area contributed by atoms with Crippen LogP contribution in [0.5, 0.6) is 0 Å². The largest absolute Gasteiger partial charge is 0.343 e. The SMILES string of the molecule is CC(C)NCCC(=O)N1CCC(C(C)C)CC1. The number of nitrogens with one attached hydrogen (secondary N) is 1. The van der Waals surface area contributed by atoms with Crippen LogP contribution in [0, 0.1) is 11.8 Å². The second-order valence-electron chi connectivity index (χ2n) is 5.82. The van der Waals surface area contributed by atoms with Crippen molar-refractivity contribution in [1.29, 1.82) is 0 Å². The molecular weight excluding hydrogens is 212 g/mol. The summed E-state index contributed by atoms with van der Waals surface area (Å²) in [6, 6.07) is 0.467. The summed E-state index contributed by atoms with van der Waals surface area (Å²) in [4.78, 5) is 14.0. The monoisotopic (exact) mass is 240 g/mol. The molecule has 0 atom stereocenters. The standard InChI is InChI=1S/C14H28N2O/c1-11(2)13-6-9-16(10-7-13)14(17)5-8-15-12(3)4/h11-13,15H,5-10H2,1-4H3. The number of carbonyl (C=O) groups excluding carboxylic acids is 1. The van der Waals surface area contributed by atoms with Crippen molar-refractivity contribution in [1.82, 2.24) is 10.2 Å².